The third kappa shape index (κ3) is 5.02. The molecule has 3 aromatic rings. The van der Waals surface area contributed by atoms with Crippen LogP contribution in [-0.2, 0) is 6.54 Å². The van der Waals surface area contributed by atoms with Crippen LogP contribution in [0.2, 0.25) is 5.02 Å². The number of benzene rings is 2. The summed E-state index contributed by atoms with van der Waals surface area (Å²) in [6, 6.07) is 13.4. The number of ether oxygens (including phenoxy) is 1. The fraction of sp³-hybridized carbons (Fsp3) is 0.158. The van der Waals surface area contributed by atoms with Crippen LogP contribution in [0, 0.1) is 0 Å². The molecule has 0 aliphatic heterocycles. The van der Waals surface area contributed by atoms with E-state index < -0.39 is 6.61 Å². The first-order valence-corrected chi connectivity index (χ1v) is 9.19. The van der Waals surface area contributed by atoms with E-state index in [2.05, 4.69) is 9.72 Å². The summed E-state index contributed by atoms with van der Waals surface area (Å²) in [5, 5.41) is 3.08. The lowest BCUT2D eigenvalue weighted by atomic mass is 10.2. The molecule has 0 saturated carbocycles. The minimum atomic E-state index is -2.86. The summed E-state index contributed by atoms with van der Waals surface area (Å²) < 4.78 is 28.7. The number of thiazole rings is 1. The van der Waals surface area contributed by atoms with Crippen molar-refractivity contribution >= 4 is 28.8 Å². The third-order valence-electron chi connectivity index (χ3n) is 3.73. The Morgan fingerprint density at radius 1 is 1.19 bits per heavy atom. The maximum atomic E-state index is 12.6. The van der Waals surface area contributed by atoms with Gasteiger partial charge in [0, 0.05) is 29.6 Å². The molecule has 140 valence electrons. The number of halogens is 3. The quantitative estimate of drug-likeness (QED) is 0.553. The van der Waals surface area contributed by atoms with E-state index in [1.165, 1.54) is 28.4 Å². The Labute approximate surface area is 164 Å². The summed E-state index contributed by atoms with van der Waals surface area (Å²) in [6.45, 7) is -2.54. The number of hydrogen-bond donors (Lipinski definition) is 0. The van der Waals surface area contributed by atoms with Gasteiger partial charge in [0.05, 0.1) is 0 Å². The number of aromatic nitrogens is 1. The number of nitrogens with zero attached hydrogens (tertiary/aromatic N) is 2. The Balaban J connectivity index is 1.66. The molecule has 2 aromatic carbocycles. The van der Waals surface area contributed by atoms with Crippen molar-refractivity contribution in [3.05, 3.63) is 70.2 Å². The molecule has 4 nitrogen and oxygen atoms in total. The minimum absolute atomic E-state index is 0.0786. The highest BCUT2D eigenvalue weighted by molar-refractivity contribution is 7.13. The number of rotatable bonds is 6. The van der Waals surface area contributed by atoms with Crippen molar-refractivity contribution in [2.24, 2.45) is 0 Å². The normalized spacial score (nSPS) is 10.9. The summed E-state index contributed by atoms with van der Waals surface area (Å²) in [5.41, 5.74) is 2.03. The molecule has 8 heteroatoms. The van der Waals surface area contributed by atoms with Crippen LogP contribution < -0.4 is 4.74 Å². The van der Waals surface area contributed by atoms with Crippen molar-refractivity contribution < 1.29 is 18.3 Å². The van der Waals surface area contributed by atoms with Gasteiger partial charge >= 0.3 is 6.61 Å². The number of alkyl halides is 2. The average Bonchev–Trinajstić information content (AvgIpc) is 3.13. The van der Waals surface area contributed by atoms with Crippen molar-refractivity contribution in [2.45, 2.75) is 13.2 Å². The molecule has 3 rings (SSSR count). The molecule has 0 radical (unpaired) electrons. The molecule has 0 atom stereocenters. The smallest absolute Gasteiger partial charge is 0.387 e. The lowest BCUT2D eigenvalue weighted by Crippen LogP contribution is -2.26. The van der Waals surface area contributed by atoms with E-state index in [0.29, 0.717) is 17.3 Å². The van der Waals surface area contributed by atoms with Gasteiger partial charge in [-0.15, -0.1) is 11.3 Å². The van der Waals surface area contributed by atoms with Gasteiger partial charge in [0.2, 0.25) is 0 Å². The zero-order valence-corrected chi connectivity index (χ0v) is 15.8. The molecule has 0 unspecified atom stereocenters. The summed E-state index contributed by atoms with van der Waals surface area (Å²) in [4.78, 5) is 18.5. The molecule has 0 bridgehead atoms. The van der Waals surface area contributed by atoms with Crippen molar-refractivity contribution in [2.75, 3.05) is 7.05 Å². The van der Waals surface area contributed by atoms with Gasteiger partial charge in [0.25, 0.3) is 5.91 Å². The zero-order valence-electron chi connectivity index (χ0n) is 14.2. The molecule has 0 N–H and O–H groups in total. The maximum Gasteiger partial charge on any atom is 0.387 e. The van der Waals surface area contributed by atoms with Gasteiger partial charge in [-0.1, -0.05) is 35.9 Å². The topological polar surface area (TPSA) is 42.4 Å². The predicted octanol–water partition coefficient (Wildman–Crippen LogP) is 5.34. The highest BCUT2D eigenvalue weighted by Crippen LogP contribution is 2.25. The van der Waals surface area contributed by atoms with Gasteiger partial charge in [-0.05, 0) is 29.8 Å². The standard InChI is InChI=1S/C19H15ClF2N2O2S/c1-24(10-12-2-8-15(9-3-12)26-19(21)22)18(25)16-11-27-17(23-16)13-4-6-14(20)7-5-13/h2-9,11,19H,10H2,1H3. The molecular formula is C19H15ClF2N2O2S. The summed E-state index contributed by atoms with van der Waals surface area (Å²) in [6.07, 6.45) is 0. The average molecular weight is 409 g/mol. The molecule has 0 saturated heterocycles. The minimum Gasteiger partial charge on any atom is -0.435 e. The van der Waals surface area contributed by atoms with E-state index in [9.17, 15) is 13.6 Å². The first-order valence-electron chi connectivity index (χ1n) is 7.93. The number of carbonyl (C=O) groups is 1. The Kier molecular flexibility index (Phi) is 6.03. The molecule has 1 aromatic heterocycles. The third-order valence-corrected chi connectivity index (χ3v) is 4.87. The van der Waals surface area contributed by atoms with E-state index in [1.807, 2.05) is 12.1 Å². The molecule has 0 fully saturated rings. The van der Waals surface area contributed by atoms with Crippen molar-refractivity contribution in [3.8, 4) is 16.3 Å². The zero-order chi connectivity index (χ0) is 19.4. The number of hydrogen-bond acceptors (Lipinski definition) is 4. The highest BCUT2D eigenvalue weighted by Gasteiger charge is 2.16. The van der Waals surface area contributed by atoms with Crippen LogP contribution in [-0.4, -0.2) is 29.5 Å². The highest BCUT2D eigenvalue weighted by atomic mass is 35.5. The molecule has 0 aliphatic carbocycles. The van der Waals surface area contributed by atoms with Gasteiger partial charge in [-0.2, -0.15) is 8.78 Å². The maximum absolute atomic E-state index is 12.6. The molecule has 1 heterocycles. The molecular weight excluding hydrogens is 394 g/mol. The van der Waals surface area contributed by atoms with Gasteiger partial charge < -0.3 is 9.64 Å². The first-order chi connectivity index (χ1) is 12.9. The first kappa shape index (κ1) is 19.3. The van der Waals surface area contributed by atoms with Gasteiger partial charge in [0.15, 0.2) is 0 Å². The predicted molar refractivity (Wildman–Crippen MR) is 101 cm³/mol. The molecule has 0 aliphatic rings. The molecule has 0 spiro atoms. The van der Waals surface area contributed by atoms with Crippen LogP contribution >= 0.6 is 22.9 Å². The SMILES string of the molecule is CN(Cc1ccc(OC(F)F)cc1)C(=O)c1csc(-c2ccc(Cl)cc2)n1. The van der Waals surface area contributed by atoms with Crippen LogP contribution in [0.25, 0.3) is 10.6 Å². The van der Waals surface area contributed by atoms with Crippen LogP contribution in [0.1, 0.15) is 16.1 Å². The second kappa shape index (κ2) is 8.45. The van der Waals surface area contributed by atoms with E-state index in [0.717, 1.165) is 16.1 Å². The van der Waals surface area contributed by atoms with E-state index >= 15 is 0 Å². The van der Waals surface area contributed by atoms with Crippen molar-refractivity contribution in [1.29, 1.82) is 0 Å². The summed E-state index contributed by atoms with van der Waals surface area (Å²) in [5.74, 6) is -0.144. The number of carbonyl (C=O) groups excluding carboxylic acids is 1. The summed E-state index contributed by atoms with van der Waals surface area (Å²) in [7, 11) is 1.66. The van der Waals surface area contributed by atoms with E-state index in [1.54, 1.807) is 36.7 Å². The molecule has 1 amide bonds. The summed E-state index contributed by atoms with van der Waals surface area (Å²) >= 11 is 7.26. The Morgan fingerprint density at radius 3 is 2.48 bits per heavy atom. The van der Waals surface area contributed by atoms with Gasteiger partial charge in [-0.25, -0.2) is 4.98 Å². The second-order valence-electron chi connectivity index (χ2n) is 5.73. The largest absolute Gasteiger partial charge is 0.435 e. The van der Waals surface area contributed by atoms with E-state index in [4.69, 9.17) is 11.6 Å². The van der Waals surface area contributed by atoms with Crippen molar-refractivity contribution in [3.63, 3.8) is 0 Å². The van der Waals surface area contributed by atoms with Gasteiger partial charge in [-0.3, -0.25) is 4.79 Å². The Hall–Kier alpha value is -2.51. The number of amides is 1. The monoisotopic (exact) mass is 408 g/mol. The Morgan fingerprint density at radius 2 is 1.85 bits per heavy atom. The fourth-order valence-corrected chi connectivity index (χ4v) is 3.34. The van der Waals surface area contributed by atoms with Crippen molar-refractivity contribution in [1.82, 2.24) is 9.88 Å². The van der Waals surface area contributed by atoms with Crippen LogP contribution in [0.4, 0.5) is 8.78 Å². The second-order valence-corrected chi connectivity index (χ2v) is 7.02. The van der Waals surface area contributed by atoms with Gasteiger partial charge in [0.1, 0.15) is 16.5 Å². The lowest BCUT2D eigenvalue weighted by Gasteiger charge is -2.16. The lowest BCUT2D eigenvalue weighted by molar-refractivity contribution is -0.0498. The van der Waals surface area contributed by atoms with E-state index in [-0.39, 0.29) is 11.7 Å². The van der Waals surface area contributed by atoms with Crippen LogP contribution in [0.3, 0.4) is 0 Å². The molecule has 27 heavy (non-hydrogen) atoms. The fourth-order valence-electron chi connectivity index (χ4n) is 2.41. The van der Waals surface area contributed by atoms with Crippen LogP contribution in [0.15, 0.2) is 53.9 Å². The Bertz CT molecular complexity index is 914. The van der Waals surface area contributed by atoms with Crippen LogP contribution in [0.5, 0.6) is 5.75 Å².